The Morgan fingerprint density at radius 1 is 1.22 bits per heavy atom. The molecule has 7 heteroatoms. The van der Waals surface area contributed by atoms with Gasteiger partial charge in [0, 0.05) is 18.5 Å². The molecule has 0 radical (unpaired) electrons. The lowest BCUT2D eigenvalue weighted by Crippen LogP contribution is -2.49. The van der Waals surface area contributed by atoms with E-state index in [1.807, 2.05) is 0 Å². The quantitative estimate of drug-likeness (QED) is 0.837. The van der Waals surface area contributed by atoms with Gasteiger partial charge in [0.25, 0.3) is 0 Å². The van der Waals surface area contributed by atoms with Crippen LogP contribution in [-0.2, 0) is 15.8 Å². The van der Waals surface area contributed by atoms with Gasteiger partial charge in [-0.05, 0) is 30.9 Å². The topological polar surface area (TPSA) is 58.2 Å². The molecule has 3 rings (SSSR count). The molecule has 0 spiro atoms. The third-order valence-corrected chi connectivity index (χ3v) is 4.29. The van der Waals surface area contributed by atoms with Gasteiger partial charge in [-0.15, -0.1) is 0 Å². The molecule has 124 valence electrons. The van der Waals surface area contributed by atoms with Crippen molar-refractivity contribution in [3.05, 3.63) is 35.4 Å². The molecule has 1 saturated carbocycles. The van der Waals surface area contributed by atoms with Gasteiger partial charge in [-0.25, -0.2) is 0 Å². The van der Waals surface area contributed by atoms with Crippen LogP contribution in [0, 0.1) is 5.92 Å². The van der Waals surface area contributed by atoms with E-state index in [1.54, 1.807) is 6.07 Å². The molecule has 2 aliphatic rings. The summed E-state index contributed by atoms with van der Waals surface area (Å²) >= 11 is 0. The Kier molecular flexibility index (Phi) is 4.04. The van der Waals surface area contributed by atoms with Gasteiger partial charge in [-0.2, -0.15) is 13.2 Å². The summed E-state index contributed by atoms with van der Waals surface area (Å²) in [5, 5.41) is 5.41. The van der Waals surface area contributed by atoms with Crippen LogP contribution < -0.4 is 10.6 Å². The van der Waals surface area contributed by atoms with E-state index in [9.17, 15) is 22.8 Å². The second kappa shape index (κ2) is 5.86. The lowest BCUT2D eigenvalue weighted by molar-refractivity contribution is -0.138. The van der Waals surface area contributed by atoms with E-state index in [-0.39, 0.29) is 6.04 Å². The summed E-state index contributed by atoms with van der Waals surface area (Å²) in [6.45, 7) is 0.354. The monoisotopic (exact) mass is 326 g/mol. The van der Waals surface area contributed by atoms with Crippen molar-refractivity contribution in [1.29, 1.82) is 0 Å². The number of rotatable bonds is 3. The average Bonchev–Trinajstić information content (AvgIpc) is 3.30. The van der Waals surface area contributed by atoms with E-state index in [1.165, 1.54) is 6.07 Å². The first kappa shape index (κ1) is 15.8. The SMILES string of the molecule is O=C1NCCC(c2cccc(C(F)(F)F)c2)C1C(=O)NC1CC1. The normalized spacial score (nSPS) is 24.9. The molecule has 2 N–H and O–H groups in total. The lowest BCUT2D eigenvalue weighted by Gasteiger charge is -2.31. The fourth-order valence-electron chi connectivity index (χ4n) is 2.94. The summed E-state index contributed by atoms with van der Waals surface area (Å²) in [7, 11) is 0. The molecule has 1 saturated heterocycles. The maximum absolute atomic E-state index is 12.9. The van der Waals surface area contributed by atoms with Crippen LogP contribution in [0.3, 0.4) is 0 Å². The predicted octanol–water partition coefficient (Wildman–Crippen LogP) is 2.20. The lowest BCUT2D eigenvalue weighted by atomic mass is 9.79. The molecule has 2 amide bonds. The number of piperidine rings is 1. The molecular formula is C16H17F3N2O2. The number of benzene rings is 1. The van der Waals surface area contributed by atoms with Crippen molar-refractivity contribution in [3.8, 4) is 0 Å². The van der Waals surface area contributed by atoms with E-state index in [0.717, 1.165) is 25.0 Å². The number of nitrogens with one attached hydrogen (secondary N) is 2. The molecule has 4 nitrogen and oxygen atoms in total. The molecule has 1 aliphatic carbocycles. The predicted molar refractivity (Wildman–Crippen MR) is 76.5 cm³/mol. The Hall–Kier alpha value is -2.05. The highest BCUT2D eigenvalue weighted by molar-refractivity contribution is 6.02. The number of halogens is 3. The molecule has 2 atom stereocenters. The highest BCUT2D eigenvalue weighted by atomic mass is 19.4. The third kappa shape index (κ3) is 3.48. The van der Waals surface area contributed by atoms with Crippen LogP contribution >= 0.6 is 0 Å². The highest BCUT2D eigenvalue weighted by Gasteiger charge is 2.41. The Balaban J connectivity index is 1.88. The zero-order valence-electron chi connectivity index (χ0n) is 12.3. The average molecular weight is 326 g/mol. The summed E-state index contributed by atoms with van der Waals surface area (Å²) in [4.78, 5) is 24.4. The molecule has 0 bridgehead atoms. The molecule has 2 fully saturated rings. The summed E-state index contributed by atoms with van der Waals surface area (Å²) in [5.74, 6) is -2.33. The van der Waals surface area contributed by atoms with Crippen molar-refractivity contribution in [3.63, 3.8) is 0 Å². The van der Waals surface area contributed by atoms with Crippen molar-refractivity contribution in [2.75, 3.05) is 6.54 Å². The first-order valence-electron chi connectivity index (χ1n) is 7.61. The van der Waals surface area contributed by atoms with Gasteiger partial charge in [0.2, 0.25) is 11.8 Å². The number of hydrogen-bond donors (Lipinski definition) is 2. The Morgan fingerprint density at radius 2 is 1.96 bits per heavy atom. The van der Waals surface area contributed by atoms with Crippen LogP contribution in [0.1, 0.15) is 36.3 Å². The largest absolute Gasteiger partial charge is 0.416 e. The van der Waals surface area contributed by atoms with E-state index < -0.39 is 35.4 Å². The van der Waals surface area contributed by atoms with Gasteiger partial charge in [0.15, 0.2) is 0 Å². The molecular weight excluding hydrogens is 309 g/mol. The zero-order chi connectivity index (χ0) is 16.6. The first-order chi connectivity index (χ1) is 10.9. The van der Waals surface area contributed by atoms with Crippen LogP contribution in [0.4, 0.5) is 13.2 Å². The van der Waals surface area contributed by atoms with Gasteiger partial charge in [0.1, 0.15) is 5.92 Å². The molecule has 1 aliphatic heterocycles. The van der Waals surface area contributed by atoms with Crippen molar-refractivity contribution < 1.29 is 22.8 Å². The summed E-state index contributed by atoms with van der Waals surface area (Å²) < 4.78 is 38.7. The minimum Gasteiger partial charge on any atom is -0.355 e. The molecule has 1 heterocycles. The van der Waals surface area contributed by atoms with Gasteiger partial charge >= 0.3 is 6.18 Å². The van der Waals surface area contributed by atoms with Crippen molar-refractivity contribution >= 4 is 11.8 Å². The minimum absolute atomic E-state index is 0.0967. The Labute approximate surface area is 131 Å². The fraction of sp³-hybridized carbons (Fsp3) is 0.500. The maximum Gasteiger partial charge on any atom is 0.416 e. The summed E-state index contributed by atoms with van der Waals surface area (Å²) in [5.41, 5.74) is -0.382. The maximum atomic E-state index is 12.9. The van der Waals surface area contributed by atoms with Crippen molar-refractivity contribution in [2.24, 2.45) is 5.92 Å². The summed E-state index contributed by atoms with van der Waals surface area (Å²) in [6.07, 6.45) is -2.24. The Bertz CT molecular complexity index is 626. The molecule has 23 heavy (non-hydrogen) atoms. The fourth-order valence-corrected chi connectivity index (χ4v) is 2.94. The number of amides is 2. The number of carbonyl (C=O) groups excluding carboxylic acids is 2. The highest BCUT2D eigenvalue weighted by Crippen LogP contribution is 2.36. The number of carbonyl (C=O) groups is 2. The minimum atomic E-state index is -4.45. The Morgan fingerprint density at radius 3 is 2.61 bits per heavy atom. The van der Waals surface area contributed by atoms with Crippen LogP contribution in [0.5, 0.6) is 0 Å². The van der Waals surface area contributed by atoms with Crippen LogP contribution in [0.15, 0.2) is 24.3 Å². The molecule has 1 aromatic carbocycles. The second-order valence-corrected chi connectivity index (χ2v) is 6.07. The van der Waals surface area contributed by atoms with Gasteiger partial charge in [-0.1, -0.05) is 18.2 Å². The van der Waals surface area contributed by atoms with Gasteiger partial charge in [0.05, 0.1) is 5.56 Å². The standard InChI is InChI=1S/C16H17F3N2O2/c17-16(18,19)10-3-1-2-9(8-10)12-6-7-20-14(22)13(12)15(23)21-11-4-5-11/h1-3,8,11-13H,4-7H2,(H,20,22)(H,21,23). The van der Waals surface area contributed by atoms with Crippen LogP contribution in [0.2, 0.25) is 0 Å². The van der Waals surface area contributed by atoms with Gasteiger partial charge in [-0.3, -0.25) is 9.59 Å². The van der Waals surface area contributed by atoms with E-state index in [2.05, 4.69) is 10.6 Å². The number of alkyl halides is 3. The smallest absolute Gasteiger partial charge is 0.355 e. The van der Waals surface area contributed by atoms with Crippen molar-refractivity contribution in [1.82, 2.24) is 10.6 Å². The van der Waals surface area contributed by atoms with E-state index in [4.69, 9.17) is 0 Å². The van der Waals surface area contributed by atoms with Gasteiger partial charge < -0.3 is 10.6 Å². The zero-order valence-corrected chi connectivity index (χ0v) is 12.3. The summed E-state index contributed by atoms with van der Waals surface area (Å²) in [6, 6.07) is 5.00. The number of hydrogen-bond acceptors (Lipinski definition) is 2. The third-order valence-electron chi connectivity index (χ3n) is 4.29. The van der Waals surface area contributed by atoms with E-state index >= 15 is 0 Å². The van der Waals surface area contributed by atoms with E-state index in [0.29, 0.717) is 18.5 Å². The van der Waals surface area contributed by atoms with Crippen LogP contribution in [0.25, 0.3) is 0 Å². The first-order valence-corrected chi connectivity index (χ1v) is 7.61. The second-order valence-electron chi connectivity index (χ2n) is 6.07. The molecule has 0 aromatic heterocycles. The molecule has 1 aromatic rings. The molecule has 2 unspecified atom stereocenters. The van der Waals surface area contributed by atoms with Crippen molar-refractivity contribution in [2.45, 2.75) is 37.4 Å². The van der Waals surface area contributed by atoms with Crippen LogP contribution in [-0.4, -0.2) is 24.4 Å².